The Morgan fingerprint density at radius 3 is 2.69 bits per heavy atom. The van der Waals surface area contributed by atoms with Crippen molar-refractivity contribution in [3.63, 3.8) is 0 Å². The lowest BCUT2D eigenvalue weighted by atomic mass is 9.95. The molecule has 0 aliphatic carbocycles. The zero-order valence-electron chi connectivity index (χ0n) is 15.6. The third-order valence-electron chi connectivity index (χ3n) is 5.01. The van der Waals surface area contributed by atoms with Crippen LogP contribution >= 0.6 is 11.6 Å². The molecular weight excluding hydrogens is 390 g/mol. The SMILES string of the molecule is O=C(Nc1cccc(Cl)c1)C1CCN(C(=O)c2cc(-c3cccnc3)n[nH]2)CC1. The highest BCUT2D eigenvalue weighted by molar-refractivity contribution is 6.30. The average Bonchev–Trinajstić information content (AvgIpc) is 3.24. The molecule has 0 unspecified atom stereocenters. The van der Waals surface area contributed by atoms with Crippen LogP contribution in [0.3, 0.4) is 0 Å². The molecule has 0 atom stereocenters. The van der Waals surface area contributed by atoms with Crippen LogP contribution in [-0.4, -0.2) is 45.0 Å². The fourth-order valence-corrected chi connectivity index (χ4v) is 3.61. The molecule has 2 N–H and O–H groups in total. The van der Waals surface area contributed by atoms with Gasteiger partial charge in [-0.15, -0.1) is 0 Å². The van der Waals surface area contributed by atoms with Gasteiger partial charge in [0, 0.05) is 47.7 Å². The molecule has 0 spiro atoms. The first-order valence-corrected chi connectivity index (χ1v) is 9.79. The minimum Gasteiger partial charge on any atom is -0.337 e. The van der Waals surface area contributed by atoms with Crippen molar-refractivity contribution in [3.8, 4) is 11.3 Å². The Labute approximate surface area is 173 Å². The number of amides is 2. The summed E-state index contributed by atoms with van der Waals surface area (Å²) in [6.45, 7) is 1.04. The second kappa shape index (κ2) is 8.45. The van der Waals surface area contributed by atoms with Gasteiger partial charge in [-0.25, -0.2) is 0 Å². The fraction of sp³-hybridized carbons (Fsp3) is 0.238. The van der Waals surface area contributed by atoms with Crippen molar-refractivity contribution >= 4 is 29.1 Å². The van der Waals surface area contributed by atoms with Gasteiger partial charge in [-0.1, -0.05) is 17.7 Å². The molecule has 2 amide bonds. The van der Waals surface area contributed by atoms with Crippen LogP contribution in [0.25, 0.3) is 11.3 Å². The molecule has 0 radical (unpaired) electrons. The van der Waals surface area contributed by atoms with Gasteiger partial charge in [-0.05, 0) is 49.2 Å². The fourth-order valence-electron chi connectivity index (χ4n) is 3.42. The molecule has 148 valence electrons. The number of hydrogen-bond acceptors (Lipinski definition) is 4. The Morgan fingerprint density at radius 2 is 1.97 bits per heavy atom. The monoisotopic (exact) mass is 409 g/mol. The second-order valence-electron chi connectivity index (χ2n) is 6.97. The van der Waals surface area contributed by atoms with Gasteiger partial charge in [-0.3, -0.25) is 19.7 Å². The van der Waals surface area contributed by atoms with Gasteiger partial charge in [-0.2, -0.15) is 5.10 Å². The number of piperidine rings is 1. The maximum atomic E-state index is 12.8. The molecule has 0 bridgehead atoms. The number of carbonyl (C=O) groups is 2. The Morgan fingerprint density at radius 1 is 1.14 bits per heavy atom. The summed E-state index contributed by atoms with van der Waals surface area (Å²) in [5.41, 5.74) is 2.64. The summed E-state index contributed by atoms with van der Waals surface area (Å²) in [5, 5.41) is 10.5. The van der Waals surface area contributed by atoms with E-state index in [2.05, 4.69) is 20.5 Å². The number of anilines is 1. The Kier molecular flexibility index (Phi) is 5.57. The Bertz CT molecular complexity index is 1010. The molecule has 0 saturated carbocycles. The summed E-state index contributed by atoms with van der Waals surface area (Å²) in [7, 11) is 0. The van der Waals surface area contributed by atoms with Crippen LogP contribution in [0.4, 0.5) is 5.69 Å². The zero-order chi connectivity index (χ0) is 20.2. The largest absolute Gasteiger partial charge is 0.337 e. The summed E-state index contributed by atoms with van der Waals surface area (Å²) in [4.78, 5) is 31.1. The van der Waals surface area contributed by atoms with Gasteiger partial charge in [0.15, 0.2) is 0 Å². The number of hydrogen-bond donors (Lipinski definition) is 2. The van der Waals surface area contributed by atoms with Gasteiger partial charge < -0.3 is 10.2 Å². The number of likely N-dealkylation sites (tertiary alicyclic amines) is 1. The molecule has 1 aromatic carbocycles. The van der Waals surface area contributed by atoms with Crippen molar-refractivity contribution in [2.75, 3.05) is 18.4 Å². The number of pyridine rings is 1. The number of aromatic nitrogens is 3. The average molecular weight is 410 g/mol. The first kappa shape index (κ1) is 19.1. The molecule has 3 heterocycles. The Balaban J connectivity index is 1.34. The quantitative estimate of drug-likeness (QED) is 0.688. The van der Waals surface area contributed by atoms with Crippen molar-refractivity contribution < 1.29 is 9.59 Å². The van der Waals surface area contributed by atoms with E-state index in [4.69, 9.17) is 11.6 Å². The zero-order valence-corrected chi connectivity index (χ0v) is 16.4. The smallest absolute Gasteiger partial charge is 0.271 e. The molecule has 1 aliphatic rings. The van der Waals surface area contributed by atoms with Crippen LogP contribution < -0.4 is 5.32 Å². The number of carbonyl (C=O) groups excluding carboxylic acids is 2. The van der Waals surface area contributed by atoms with E-state index in [1.807, 2.05) is 12.1 Å². The highest BCUT2D eigenvalue weighted by Gasteiger charge is 2.28. The van der Waals surface area contributed by atoms with Crippen LogP contribution in [-0.2, 0) is 4.79 Å². The number of nitrogens with one attached hydrogen (secondary N) is 2. The predicted molar refractivity (Wildman–Crippen MR) is 111 cm³/mol. The summed E-state index contributed by atoms with van der Waals surface area (Å²) in [6, 6.07) is 12.5. The maximum Gasteiger partial charge on any atom is 0.271 e. The molecule has 1 aliphatic heterocycles. The van der Waals surface area contributed by atoms with Crippen molar-refractivity contribution in [2.45, 2.75) is 12.8 Å². The van der Waals surface area contributed by atoms with Crippen molar-refractivity contribution in [3.05, 3.63) is 65.6 Å². The molecule has 8 heteroatoms. The van der Waals surface area contributed by atoms with Crippen molar-refractivity contribution in [1.29, 1.82) is 0 Å². The first-order valence-electron chi connectivity index (χ1n) is 9.41. The van der Waals surface area contributed by atoms with E-state index in [-0.39, 0.29) is 17.7 Å². The van der Waals surface area contributed by atoms with Crippen LogP contribution in [0, 0.1) is 5.92 Å². The number of H-pyrrole nitrogens is 1. The summed E-state index contributed by atoms with van der Waals surface area (Å²) < 4.78 is 0. The van der Waals surface area contributed by atoms with Gasteiger partial charge >= 0.3 is 0 Å². The summed E-state index contributed by atoms with van der Waals surface area (Å²) >= 11 is 5.96. The number of aromatic amines is 1. The van der Waals surface area contributed by atoms with E-state index >= 15 is 0 Å². The lowest BCUT2D eigenvalue weighted by Crippen LogP contribution is -2.41. The minimum atomic E-state index is -0.134. The summed E-state index contributed by atoms with van der Waals surface area (Å²) in [6.07, 6.45) is 4.62. The standard InChI is InChI=1S/C21H20ClN5O2/c22-16-4-1-5-17(11-16)24-20(28)14-6-9-27(10-7-14)21(29)19-12-18(25-26-19)15-3-2-8-23-13-15/h1-5,8,11-14H,6-7,9-10H2,(H,24,28)(H,25,26). The third kappa shape index (κ3) is 4.46. The van der Waals surface area contributed by atoms with Gasteiger partial charge in [0.2, 0.25) is 5.91 Å². The van der Waals surface area contributed by atoms with Gasteiger partial charge in [0.05, 0.1) is 5.69 Å². The molecular formula is C21H20ClN5O2. The van der Waals surface area contributed by atoms with Crippen molar-refractivity contribution in [2.24, 2.45) is 5.92 Å². The van der Waals surface area contributed by atoms with Crippen LogP contribution in [0.15, 0.2) is 54.9 Å². The molecule has 4 rings (SSSR count). The molecule has 7 nitrogen and oxygen atoms in total. The van der Waals surface area contributed by atoms with Crippen LogP contribution in [0.5, 0.6) is 0 Å². The number of benzene rings is 1. The van der Waals surface area contributed by atoms with E-state index < -0.39 is 0 Å². The van der Waals surface area contributed by atoms with Crippen molar-refractivity contribution in [1.82, 2.24) is 20.1 Å². The van der Waals surface area contributed by atoms with E-state index in [0.717, 1.165) is 5.56 Å². The van der Waals surface area contributed by atoms with Crippen LogP contribution in [0.1, 0.15) is 23.3 Å². The third-order valence-corrected chi connectivity index (χ3v) is 5.25. The van der Waals surface area contributed by atoms with Gasteiger partial charge in [0.1, 0.15) is 5.69 Å². The van der Waals surface area contributed by atoms with E-state index in [9.17, 15) is 9.59 Å². The molecule has 1 saturated heterocycles. The highest BCUT2D eigenvalue weighted by atomic mass is 35.5. The number of nitrogens with zero attached hydrogens (tertiary/aromatic N) is 3. The normalized spacial score (nSPS) is 14.6. The second-order valence-corrected chi connectivity index (χ2v) is 7.41. The van der Waals surface area contributed by atoms with Gasteiger partial charge in [0.25, 0.3) is 5.91 Å². The topological polar surface area (TPSA) is 91.0 Å². The van der Waals surface area contributed by atoms with Crippen LogP contribution in [0.2, 0.25) is 5.02 Å². The number of halogens is 1. The maximum absolute atomic E-state index is 12.8. The summed E-state index contributed by atoms with van der Waals surface area (Å²) in [5.74, 6) is -0.285. The first-order chi connectivity index (χ1) is 14.1. The molecule has 2 aromatic heterocycles. The Hall–Kier alpha value is -3.19. The molecule has 3 aromatic rings. The highest BCUT2D eigenvalue weighted by Crippen LogP contribution is 2.23. The molecule has 1 fully saturated rings. The van der Waals surface area contributed by atoms with E-state index in [1.54, 1.807) is 47.6 Å². The predicted octanol–water partition coefficient (Wildman–Crippen LogP) is 3.62. The lowest BCUT2D eigenvalue weighted by molar-refractivity contribution is -0.121. The molecule has 29 heavy (non-hydrogen) atoms. The van der Waals surface area contributed by atoms with E-state index in [0.29, 0.717) is 48.0 Å². The number of rotatable bonds is 4. The van der Waals surface area contributed by atoms with E-state index in [1.165, 1.54) is 0 Å². The lowest BCUT2D eigenvalue weighted by Gasteiger charge is -2.31. The minimum absolute atomic E-state index is 0.0419.